The van der Waals surface area contributed by atoms with Gasteiger partial charge in [-0.1, -0.05) is 0 Å². The molecule has 2 aliphatic rings. The second-order valence-electron chi connectivity index (χ2n) is 6.91. The number of aryl methyl sites for hydroxylation is 1. The normalized spacial score (nSPS) is 27.6. The molecule has 3 aromatic heterocycles. The van der Waals surface area contributed by atoms with Crippen molar-refractivity contribution in [2.24, 2.45) is 5.92 Å². The van der Waals surface area contributed by atoms with Crippen LogP contribution in [0, 0.1) is 12.8 Å². The Morgan fingerprint density at radius 1 is 1.44 bits per heavy atom. The highest BCUT2D eigenvalue weighted by molar-refractivity contribution is 7.15. The van der Waals surface area contributed by atoms with E-state index in [2.05, 4.69) is 22.3 Å². The van der Waals surface area contributed by atoms with Crippen molar-refractivity contribution in [2.75, 3.05) is 6.54 Å². The van der Waals surface area contributed by atoms with E-state index in [1.54, 1.807) is 17.5 Å². The van der Waals surface area contributed by atoms with Crippen molar-refractivity contribution in [1.29, 1.82) is 0 Å². The van der Waals surface area contributed by atoms with Gasteiger partial charge in [-0.25, -0.2) is 14.5 Å². The van der Waals surface area contributed by atoms with Gasteiger partial charge < -0.3 is 10.1 Å². The number of ether oxygens (including phenoxy) is 1. The van der Waals surface area contributed by atoms with Crippen LogP contribution in [0.1, 0.15) is 24.8 Å². The van der Waals surface area contributed by atoms with Crippen molar-refractivity contribution >= 4 is 29.3 Å². The summed E-state index contributed by atoms with van der Waals surface area (Å²) in [5.74, 6) is 1.24. The molecule has 1 N–H and O–H groups in total. The quantitative estimate of drug-likeness (QED) is 0.759. The summed E-state index contributed by atoms with van der Waals surface area (Å²) in [6.07, 6.45) is 7.80. The second-order valence-corrected chi connectivity index (χ2v) is 8.15. The van der Waals surface area contributed by atoms with Gasteiger partial charge in [0.05, 0.1) is 22.3 Å². The van der Waals surface area contributed by atoms with Gasteiger partial charge in [0.15, 0.2) is 0 Å². The van der Waals surface area contributed by atoms with Crippen molar-refractivity contribution in [2.45, 2.75) is 38.3 Å². The maximum absolute atomic E-state index is 6.46. The third-order valence-electron chi connectivity index (χ3n) is 5.32. The van der Waals surface area contributed by atoms with Crippen LogP contribution in [0.25, 0.3) is 16.1 Å². The van der Waals surface area contributed by atoms with Crippen molar-refractivity contribution in [3.8, 4) is 16.5 Å². The first-order chi connectivity index (χ1) is 11.6. The van der Waals surface area contributed by atoms with Crippen LogP contribution in [-0.2, 0) is 0 Å². The molecule has 1 saturated carbocycles. The van der Waals surface area contributed by atoms with Crippen molar-refractivity contribution < 1.29 is 4.74 Å². The van der Waals surface area contributed by atoms with E-state index in [1.165, 1.54) is 6.42 Å². The molecule has 3 aromatic rings. The SMILES string of the molecule is Cc1ncc(-c2cn3nccc3c(O[C@@]3(C)C[C@H]4NCC[C@H]43)n2)s1.Cl. The number of fused-ring (bicyclic) bond motifs is 2. The number of thiazole rings is 1. The van der Waals surface area contributed by atoms with E-state index >= 15 is 0 Å². The first-order valence-electron chi connectivity index (χ1n) is 8.32. The van der Waals surface area contributed by atoms with E-state index in [0.717, 1.165) is 34.1 Å². The first-order valence-corrected chi connectivity index (χ1v) is 9.14. The second kappa shape index (κ2) is 5.93. The molecule has 1 aliphatic heterocycles. The summed E-state index contributed by atoms with van der Waals surface area (Å²) in [6, 6.07) is 2.56. The molecule has 8 heteroatoms. The minimum Gasteiger partial charge on any atom is -0.469 e. The number of hydrogen-bond acceptors (Lipinski definition) is 6. The predicted octanol–water partition coefficient (Wildman–Crippen LogP) is 3.10. The highest BCUT2D eigenvalue weighted by atomic mass is 35.5. The van der Waals surface area contributed by atoms with E-state index in [9.17, 15) is 0 Å². The third kappa shape index (κ3) is 2.61. The summed E-state index contributed by atoms with van der Waals surface area (Å²) in [4.78, 5) is 10.2. The molecule has 0 amide bonds. The maximum atomic E-state index is 6.46. The fraction of sp³-hybridized carbons (Fsp3) is 0.471. The fourth-order valence-electron chi connectivity index (χ4n) is 4.05. The zero-order valence-electron chi connectivity index (χ0n) is 14.1. The molecular weight excluding hydrogens is 358 g/mol. The highest BCUT2D eigenvalue weighted by Gasteiger charge is 2.55. The molecule has 1 saturated heterocycles. The van der Waals surface area contributed by atoms with E-state index in [0.29, 0.717) is 17.8 Å². The van der Waals surface area contributed by atoms with Gasteiger partial charge in [0.25, 0.3) is 0 Å². The molecule has 0 aromatic carbocycles. The highest BCUT2D eigenvalue weighted by Crippen LogP contribution is 2.47. The van der Waals surface area contributed by atoms with E-state index in [1.807, 2.05) is 29.9 Å². The van der Waals surface area contributed by atoms with Crippen LogP contribution in [0.5, 0.6) is 5.88 Å². The molecule has 0 radical (unpaired) electrons. The Labute approximate surface area is 156 Å². The largest absolute Gasteiger partial charge is 0.469 e. The smallest absolute Gasteiger partial charge is 0.241 e. The lowest BCUT2D eigenvalue weighted by Crippen LogP contribution is -2.59. The summed E-state index contributed by atoms with van der Waals surface area (Å²) in [5.41, 5.74) is 1.63. The summed E-state index contributed by atoms with van der Waals surface area (Å²) >= 11 is 1.63. The summed E-state index contributed by atoms with van der Waals surface area (Å²) < 4.78 is 8.31. The van der Waals surface area contributed by atoms with Gasteiger partial charge in [0, 0.05) is 24.6 Å². The maximum Gasteiger partial charge on any atom is 0.241 e. The zero-order chi connectivity index (χ0) is 16.3. The molecule has 0 bridgehead atoms. The molecule has 132 valence electrons. The van der Waals surface area contributed by atoms with Gasteiger partial charge in [-0.15, -0.1) is 23.7 Å². The third-order valence-corrected chi connectivity index (χ3v) is 6.25. The summed E-state index contributed by atoms with van der Waals surface area (Å²) in [7, 11) is 0. The van der Waals surface area contributed by atoms with Crippen molar-refractivity contribution in [1.82, 2.24) is 24.9 Å². The minimum atomic E-state index is -0.145. The standard InChI is InChI=1S/C17H19N5OS.ClH/c1-10-19-8-15(24-10)13-9-22-14(4-6-20-22)16(21-13)23-17(2)7-12-11(17)3-5-18-12;/h4,6,8-9,11-12,18H,3,5,7H2,1-2H3;1H/t11-,12-,17+;/m1./s1. The molecule has 25 heavy (non-hydrogen) atoms. The predicted molar refractivity (Wildman–Crippen MR) is 99.6 cm³/mol. The van der Waals surface area contributed by atoms with Crippen LogP contribution in [0.4, 0.5) is 0 Å². The Bertz CT molecular complexity index is 925. The lowest BCUT2D eigenvalue weighted by atomic mass is 9.67. The van der Waals surface area contributed by atoms with E-state index in [-0.39, 0.29) is 18.0 Å². The lowest BCUT2D eigenvalue weighted by molar-refractivity contribution is -0.0654. The monoisotopic (exact) mass is 377 g/mol. The molecular formula is C17H20ClN5OS. The van der Waals surface area contributed by atoms with Gasteiger partial charge in [-0.3, -0.25) is 0 Å². The van der Waals surface area contributed by atoms with Crippen LogP contribution >= 0.6 is 23.7 Å². The molecule has 4 heterocycles. The Balaban J connectivity index is 0.00000157. The molecule has 3 atom stereocenters. The molecule has 0 unspecified atom stereocenters. The number of aromatic nitrogens is 4. The van der Waals surface area contributed by atoms with Gasteiger partial charge in [-0.2, -0.15) is 5.10 Å². The average Bonchev–Trinajstić information content (AvgIpc) is 3.25. The molecule has 0 spiro atoms. The average molecular weight is 378 g/mol. The van der Waals surface area contributed by atoms with Crippen molar-refractivity contribution in [3.63, 3.8) is 0 Å². The van der Waals surface area contributed by atoms with E-state index < -0.39 is 0 Å². The van der Waals surface area contributed by atoms with Gasteiger partial charge in [0.2, 0.25) is 5.88 Å². The fourth-order valence-corrected chi connectivity index (χ4v) is 4.78. The first kappa shape index (κ1) is 16.8. The van der Waals surface area contributed by atoms with Crippen LogP contribution in [0.3, 0.4) is 0 Å². The molecule has 1 aliphatic carbocycles. The van der Waals surface area contributed by atoms with Crippen LogP contribution in [-0.4, -0.2) is 37.8 Å². The van der Waals surface area contributed by atoms with Crippen LogP contribution in [0.15, 0.2) is 24.7 Å². The number of nitrogens with zero attached hydrogens (tertiary/aromatic N) is 4. The Kier molecular flexibility index (Phi) is 3.97. The van der Waals surface area contributed by atoms with E-state index in [4.69, 9.17) is 9.72 Å². The molecule has 6 nitrogen and oxygen atoms in total. The number of hydrogen-bond donors (Lipinski definition) is 1. The summed E-state index contributed by atoms with van der Waals surface area (Å²) in [5, 5.41) is 8.95. The number of rotatable bonds is 3. The molecule has 5 rings (SSSR count). The Hall–Kier alpha value is -1.70. The summed E-state index contributed by atoms with van der Waals surface area (Å²) in [6.45, 7) is 5.30. The topological polar surface area (TPSA) is 64.3 Å². The van der Waals surface area contributed by atoms with Crippen molar-refractivity contribution in [3.05, 3.63) is 29.7 Å². The van der Waals surface area contributed by atoms with Crippen LogP contribution < -0.4 is 10.1 Å². The number of nitrogens with one attached hydrogen (secondary N) is 1. The Morgan fingerprint density at radius 2 is 2.32 bits per heavy atom. The zero-order valence-corrected chi connectivity index (χ0v) is 15.7. The van der Waals surface area contributed by atoms with Crippen LogP contribution in [0.2, 0.25) is 0 Å². The molecule has 2 fully saturated rings. The van der Waals surface area contributed by atoms with Gasteiger partial charge in [-0.05, 0) is 32.9 Å². The minimum absolute atomic E-state index is 0. The number of halogens is 1. The van der Waals surface area contributed by atoms with Gasteiger partial charge in [0.1, 0.15) is 16.8 Å². The van der Waals surface area contributed by atoms with Gasteiger partial charge >= 0.3 is 0 Å². The lowest BCUT2D eigenvalue weighted by Gasteiger charge is -2.49. The Morgan fingerprint density at radius 3 is 3.08 bits per heavy atom.